The van der Waals surface area contributed by atoms with Gasteiger partial charge in [-0.3, -0.25) is 9.78 Å². The maximum atomic E-state index is 12.4. The lowest BCUT2D eigenvalue weighted by atomic mass is 9.75. The topological polar surface area (TPSA) is 30.0 Å². The average Bonchev–Trinajstić information content (AvgIpc) is 2.44. The first kappa shape index (κ1) is 13.8. The predicted molar refractivity (Wildman–Crippen MR) is 71.1 cm³/mol. The van der Waals surface area contributed by atoms with Gasteiger partial charge in [0.25, 0.3) is 0 Å². The first-order chi connectivity index (χ1) is 9.95. The van der Waals surface area contributed by atoms with Crippen LogP contribution in [-0.4, -0.2) is 10.8 Å². The molecular weight excluding hydrogens is 279 g/mol. The van der Waals surface area contributed by atoms with Gasteiger partial charge in [0.15, 0.2) is 5.78 Å². The number of rotatable bonds is 3. The zero-order valence-electron chi connectivity index (χ0n) is 11.0. The van der Waals surface area contributed by atoms with Crippen LogP contribution in [0.3, 0.4) is 0 Å². The van der Waals surface area contributed by atoms with Gasteiger partial charge >= 0.3 is 6.18 Å². The van der Waals surface area contributed by atoms with E-state index in [0.29, 0.717) is 6.20 Å². The molecule has 1 heterocycles. The van der Waals surface area contributed by atoms with Gasteiger partial charge in [-0.2, -0.15) is 13.2 Å². The van der Waals surface area contributed by atoms with Crippen molar-refractivity contribution in [3.05, 3.63) is 65.0 Å². The molecule has 3 rings (SSSR count). The predicted octanol–water partition coefficient (Wildman–Crippen LogP) is 4.01. The molecule has 2 nitrogen and oxygen atoms in total. The third-order valence-corrected chi connectivity index (χ3v) is 3.77. The number of ketones is 1. The number of carbonyl (C=O) groups excluding carboxylic acids is 1. The van der Waals surface area contributed by atoms with Gasteiger partial charge in [0.05, 0.1) is 5.56 Å². The Labute approximate surface area is 119 Å². The Bertz CT molecular complexity index is 677. The Morgan fingerprint density at radius 2 is 1.95 bits per heavy atom. The number of alkyl halides is 3. The first-order valence-electron chi connectivity index (χ1n) is 6.59. The van der Waals surface area contributed by atoms with Gasteiger partial charge in [-0.25, -0.2) is 0 Å². The van der Waals surface area contributed by atoms with Crippen LogP contribution in [0.5, 0.6) is 0 Å². The molecule has 21 heavy (non-hydrogen) atoms. The summed E-state index contributed by atoms with van der Waals surface area (Å²) in [7, 11) is 0. The Hall–Kier alpha value is -2.17. The van der Waals surface area contributed by atoms with E-state index in [1.165, 1.54) is 5.56 Å². The van der Waals surface area contributed by atoms with Crippen molar-refractivity contribution in [2.45, 2.75) is 24.9 Å². The quantitative estimate of drug-likeness (QED) is 0.800. The Balaban J connectivity index is 1.70. The lowest BCUT2D eigenvalue weighted by molar-refractivity contribution is -0.137. The second kappa shape index (κ2) is 4.98. The lowest BCUT2D eigenvalue weighted by Gasteiger charge is -2.29. The van der Waals surface area contributed by atoms with E-state index in [0.717, 1.165) is 24.1 Å². The van der Waals surface area contributed by atoms with E-state index >= 15 is 0 Å². The fourth-order valence-electron chi connectivity index (χ4n) is 2.60. The Morgan fingerprint density at radius 3 is 2.57 bits per heavy atom. The molecule has 0 fully saturated rings. The molecule has 2 aromatic rings. The van der Waals surface area contributed by atoms with E-state index in [-0.39, 0.29) is 23.8 Å². The second-order valence-electron chi connectivity index (χ2n) is 5.16. The summed E-state index contributed by atoms with van der Waals surface area (Å²) < 4.78 is 37.3. The maximum Gasteiger partial charge on any atom is 0.417 e. The molecule has 0 radical (unpaired) electrons. The van der Waals surface area contributed by atoms with E-state index in [4.69, 9.17) is 0 Å². The highest BCUT2D eigenvalue weighted by Gasteiger charge is 2.31. The number of hydrogen-bond donors (Lipinski definition) is 0. The fourth-order valence-corrected chi connectivity index (χ4v) is 2.60. The summed E-state index contributed by atoms with van der Waals surface area (Å²) in [4.78, 5) is 15.7. The van der Waals surface area contributed by atoms with Gasteiger partial charge in [-0.1, -0.05) is 24.3 Å². The van der Waals surface area contributed by atoms with Crippen LogP contribution >= 0.6 is 0 Å². The molecule has 5 heteroatoms. The summed E-state index contributed by atoms with van der Waals surface area (Å²) in [6.07, 6.45) is -2.60. The summed E-state index contributed by atoms with van der Waals surface area (Å²) >= 11 is 0. The van der Waals surface area contributed by atoms with Gasteiger partial charge in [-0.15, -0.1) is 0 Å². The Kier molecular flexibility index (Phi) is 3.27. The molecule has 0 bridgehead atoms. The van der Waals surface area contributed by atoms with Crippen molar-refractivity contribution in [1.29, 1.82) is 0 Å². The number of benzene rings is 1. The minimum atomic E-state index is -4.43. The third-order valence-electron chi connectivity index (χ3n) is 3.77. The van der Waals surface area contributed by atoms with Crippen LogP contribution < -0.4 is 0 Å². The third kappa shape index (κ3) is 2.68. The van der Waals surface area contributed by atoms with Crippen LogP contribution in [0.4, 0.5) is 13.2 Å². The highest BCUT2D eigenvalue weighted by Crippen LogP contribution is 2.37. The van der Waals surface area contributed by atoms with E-state index in [2.05, 4.69) is 4.98 Å². The zero-order chi connectivity index (χ0) is 15.0. The largest absolute Gasteiger partial charge is 0.417 e. The monoisotopic (exact) mass is 291 g/mol. The molecule has 1 unspecified atom stereocenters. The standard InChI is InChI=1S/C16H12F3NO/c17-16(18,19)12-5-6-14(20-9-12)15(21)8-11-7-10-3-1-2-4-13(10)11/h1-6,9,11H,7-8H2. The van der Waals surface area contributed by atoms with Gasteiger partial charge in [0.1, 0.15) is 5.69 Å². The molecule has 1 aromatic heterocycles. The molecule has 1 aromatic carbocycles. The fraction of sp³-hybridized carbons (Fsp3) is 0.250. The van der Waals surface area contributed by atoms with Crippen LogP contribution in [0.2, 0.25) is 0 Å². The minimum Gasteiger partial charge on any atom is -0.292 e. The van der Waals surface area contributed by atoms with Gasteiger partial charge < -0.3 is 0 Å². The van der Waals surface area contributed by atoms with Gasteiger partial charge in [-0.05, 0) is 35.6 Å². The molecule has 0 amide bonds. The van der Waals surface area contributed by atoms with Crippen LogP contribution in [0.1, 0.15) is 39.5 Å². The Morgan fingerprint density at radius 1 is 1.19 bits per heavy atom. The van der Waals surface area contributed by atoms with Crippen molar-refractivity contribution in [3.8, 4) is 0 Å². The summed E-state index contributed by atoms with van der Waals surface area (Å²) in [6, 6.07) is 9.93. The smallest absolute Gasteiger partial charge is 0.292 e. The first-order valence-corrected chi connectivity index (χ1v) is 6.59. The van der Waals surface area contributed by atoms with E-state index in [1.54, 1.807) is 0 Å². The minimum absolute atomic E-state index is 0.0902. The molecule has 0 spiro atoms. The number of hydrogen-bond acceptors (Lipinski definition) is 2. The highest BCUT2D eigenvalue weighted by molar-refractivity contribution is 5.95. The zero-order valence-corrected chi connectivity index (χ0v) is 11.0. The SMILES string of the molecule is O=C(CC1Cc2ccccc21)c1ccc(C(F)(F)F)cn1. The highest BCUT2D eigenvalue weighted by atomic mass is 19.4. The van der Waals surface area contributed by atoms with Crippen molar-refractivity contribution in [1.82, 2.24) is 4.98 Å². The normalized spacial score (nSPS) is 17.0. The molecule has 0 saturated carbocycles. The molecule has 108 valence electrons. The van der Waals surface area contributed by atoms with Crippen molar-refractivity contribution >= 4 is 5.78 Å². The number of Topliss-reactive ketones (excluding diaryl/α,β-unsaturated/α-hetero) is 1. The van der Waals surface area contributed by atoms with Gasteiger partial charge in [0.2, 0.25) is 0 Å². The number of carbonyl (C=O) groups is 1. The van der Waals surface area contributed by atoms with Crippen LogP contribution in [0.15, 0.2) is 42.6 Å². The molecule has 0 aliphatic heterocycles. The van der Waals surface area contributed by atoms with Crippen LogP contribution in [0.25, 0.3) is 0 Å². The summed E-state index contributed by atoms with van der Waals surface area (Å²) in [5.74, 6) is -0.0685. The maximum absolute atomic E-state index is 12.4. The number of fused-ring (bicyclic) bond motifs is 1. The van der Waals surface area contributed by atoms with Crippen molar-refractivity contribution in [2.75, 3.05) is 0 Å². The molecular formula is C16H12F3NO. The van der Waals surface area contributed by atoms with Crippen molar-refractivity contribution in [2.24, 2.45) is 0 Å². The summed E-state index contributed by atoms with van der Waals surface area (Å²) in [5, 5.41) is 0. The second-order valence-corrected chi connectivity index (χ2v) is 5.16. The molecule has 1 aliphatic rings. The summed E-state index contributed by atoms with van der Waals surface area (Å²) in [6.45, 7) is 0. The molecule has 1 aliphatic carbocycles. The van der Waals surface area contributed by atoms with E-state index < -0.39 is 11.7 Å². The molecule has 1 atom stereocenters. The molecule has 0 saturated heterocycles. The summed E-state index contributed by atoms with van der Waals surface area (Å²) in [5.41, 5.74) is 1.63. The average molecular weight is 291 g/mol. The number of aromatic nitrogens is 1. The van der Waals surface area contributed by atoms with E-state index in [9.17, 15) is 18.0 Å². The lowest BCUT2D eigenvalue weighted by Crippen LogP contribution is -2.20. The van der Waals surface area contributed by atoms with Crippen molar-refractivity contribution < 1.29 is 18.0 Å². The number of pyridine rings is 1. The number of halogens is 3. The van der Waals surface area contributed by atoms with E-state index in [1.807, 2.05) is 24.3 Å². The van der Waals surface area contributed by atoms with Crippen LogP contribution in [-0.2, 0) is 12.6 Å². The van der Waals surface area contributed by atoms with Gasteiger partial charge in [0, 0.05) is 12.6 Å². The molecule has 0 N–H and O–H groups in total. The van der Waals surface area contributed by atoms with Crippen molar-refractivity contribution in [3.63, 3.8) is 0 Å². The van der Waals surface area contributed by atoms with Crippen LogP contribution in [0, 0.1) is 0 Å². The number of nitrogens with zero attached hydrogens (tertiary/aromatic N) is 1.